The van der Waals surface area contributed by atoms with Gasteiger partial charge in [-0.15, -0.1) is 12.4 Å². The zero-order valence-corrected chi connectivity index (χ0v) is 15.2. The lowest BCUT2D eigenvalue weighted by molar-refractivity contribution is 0.0621. The number of rotatable bonds is 4. The van der Waals surface area contributed by atoms with Crippen LogP contribution < -0.4 is 5.32 Å². The molecule has 136 valence electrons. The third-order valence-corrected chi connectivity index (χ3v) is 4.71. The van der Waals surface area contributed by atoms with E-state index in [9.17, 15) is 13.6 Å². The van der Waals surface area contributed by atoms with Gasteiger partial charge in [-0.3, -0.25) is 4.79 Å². The van der Waals surface area contributed by atoms with Gasteiger partial charge < -0.3 is 14.8 Å². The summed E-state index contributed by atoms with van der Waals surface area (Å²) in [5, 5.41) is 3.28. The molecule has 1 atom stereocenters. The van der Waals surface area contributed by atoms with E-state index in [1.807, 2.05) is 17.8 Å². The summed E-state index contributed by atoms with van der Waals surface area (Å²) in [6.45, 7) is 1.92. The minimum atomic E-state index is -2.47. The molecule has 25 heavy (non-hydrogen) atoms. The number of benzene rings is 1. The summed E-state index contributed by atoms with van der Waals surface area (Å²) >= 11 is 0.473. The number of imidazole rings is 1. The highest BCUT2D eigenvalue weighted by Gasteiger charge is 2.30. The first-order valence-electron chi connectivity index (χ1n) is 7.60. The van der Waals surface area contributed by atoms with E-state index in [4.69, 9.17) is 0 Å². The summed E-state index contributed by atoms with van der Waals surface area (Å²) in [4.78, 5) is 19.4. The third-order valence-electron chi connectivity index (χ3n) is 3.99. The van der Waals surface area contributed by atoms with E-state index in [0.717, 1.165) is 5.82 Å². The molecule has 1 saturated heterocycles. The van der Waals surface area contributed by atoms with Crippen molar-refractivity contribution in [3.05, 3.63) is 48.0 Å². The molecule has 1 amide bonds. The van der Waals surface area contributed by atoms with Gasteiger partial charge in [0.05, 0.1) is 0 Å². The maximum atomic E-state index is 12.9. The van der Waals surface area contributed by atoms with Crippen LogP contribution in [0.3, 0.4) is 0 Å². The van der Waals surface area contributed by atoms with Crippen molar-refractivity contribution >= 4 is 30.1 Å². The van der Waals surface area contributed by atoms with Crippen LogP contribution in [0.15, 0.2) is 41.6 Å². The first kappa shape index (κ1) is 19.7. The van der Waals surface area contributed by atoms with Crippen LogP contribution in [-0.4, -0.2) is 45.7 Å². The number of nitrogens with zero attached hydrogens (tertiary/aromatic N) is 3. The number of amides is 1. The fraction of sp³-hybridized carbons (Fsp3) is 0.375. The van der Waals surface area contributed by atoms with Crippen LogP contribution in [0.4, 0.5) is 8.78 Å². The molecule has 1 aliphatic rings. The lowest BCUT2D eigenvalue weighted by Crippen LogP contribution is -2.49. The topological polar surface area (TPSA) is 50.2 Å². The Morgan fingerprint density at radius 3 is 2.68 bits per heavy atom. The zero-order valence-electron chi connectivity index (χ0n) is 13.6. The van der Waals surface area contributed by atoms with Crippen molar-refractivity contribution in [2.75, 3.05) is 19.6 Å². The molecule has 1 N–H and O–H groups in total. The summed E-state index contributed by atoms with van der Waals surface area (Å²) in [5.74, 6) is -1.76. The van der Waals surface area contributed by atoms with Gasteiger partial charge in [0.25, 0.3) is 11.7 Å². The van der Waals surface area contributed by atoms with Crippen molar-refractivity contribution in [3.63, 3.8) is 0 Å². The number of aromatic nitrogens is 2. The molecule has 0 aliphatic carbocycles. The number of hydrogen-bond donors (Lipinski definition) is 1. The maximum absolute atomic E-state index is 12.9. The number of piperazine rings is 1. The summed E-state index contributed by atoms with van der Waals surface area (Å²) in [5.41, 5.74) is 0.495. The molecule has 2 aromatic rings. The second-order valence-corrected chi connectivity index (χ2v) is 6.58. The molecular formula is C16H19ClF2N4OS. The van der Waals surface area contributed by atoms with E-state index >= 15 is 0 Å². The third kappa shape index (κ3) is 4.50. The molecule has 9 heteroatoms. The highest BCUT2D eigenvalue weighted by molar-refractivity contribution is 7.99. The molecule has 1 aliphatic heterocycles. The molecular weight excluding hydrogens is 370 g/mol. The molecule has 2 heterocycles. The van der Waals surface area contributed by atoms with Gasteiger partial charge in [0.1, 0.15) is 11.9 Å². The molecule has 5 nitrogen and oxygen atoms in total. The van der Waals surface area contributed by atoms with Gasteiger partial charge in [-0.25, -0.2) is 4.98 Å². The van der Waals surface area contributed by atoms with E-state index in [1.165, 1.54) is 0 Å². The van der Waals surface area contributed by atoms with E-state index in [1.54, 1.807) is 35.4 Å². The van der Waals surface area contributed by atoms with Crippen molar-refractivity contribution in [2.24, 2.45) is 7.05 Å². The zero-order chi connectivity index (χ0) is 17.1. The number of carbonyl (C=O) groups is 1. The number of hydrogen-bond acceptors (Lipinski definition) is 4. The van der Waals surface area contributed by atoms with Crippen molar-refractivity contribution in [3.8, 4) is 0 Å². The fourth-order valence-electron chi connectivity index (χ4n) is 2.82. The molecule has 1 aromatic carbocycles. The molecule has 0 saturated carbocycles. The number of thioether (sulfide) groups is 1. The van der Waals surface area contributed by atoms with Gasteiger partial charge >= 0.3 is 0 Å². The number of alkyl halides is 2. The smallest absolute Gasteiger partial charge is 0.288 e. The molecule has 0 spiro atoms. The van der Waals surface area contributed by atoms with Crippen LogP contribution in [0.2, 0.25) is 0 Å². The van der Waals surface area contributed by atoms with Gasteiger partial charge in [0.15, 0.2) is 0 Å². The Kier molecular flexibility index (Phi) is 6.80. The minimum Gasteiger partial charge on any atom is -0.336 e. The van der Waals surface area contributed by atoms with Crippen molar-refractivity contribution in [1.29, 1.82) is 0 Å². The fourth-order valence-corrected chi connectivity index (χ4v) is 3.32. The Morgan fingerprint density at radius 1 is 1.36 bits per heavy atom. The van der Waals surface area contributed by atoms with E-state index in [-0.39, 0.29) is 24.4 Å². The Bertz CT molecular complexity index is 710. The number of carbonyl (C=O) groups excluding carboxylic acids is 1. The van der Waals surface area contributed by atoms with Crippen LogP contribution in [0.1, 0.15) is 22.2 Å². The van der Waals surface area contributed by atoms with Crippen LogP contribution in [0.25, 0.3) is 0 Å². The standard InChI is InChI=1S/C16H18F2N4OS.ClH/c1-21-8-7-20-14(21)13-10-19-6-9-22(13)15(23)11-2-4-12(5-3-11)24-16(17)18;/h2-5,7-8,13,16,19H,6,9-10H2,1H3;1H. The second-order valence-electron chi connectivity index (χ2n) is 5.52. The van der Waals surface area contributed by atoms with E-state index in [0.29, 0.717) is 41.9 Å². The summed E-state index contributed by atoms with van der Waals surface area (Å²) in [6.07, 6.45) is 3.56. The monoisotopic (exact) mass is 388 g/mol. The van der Waals surface area contributed by atoms with Gasteiger partial charge in [0, 0.05) is 49.5 Å². The lowest BCUT2D eigenvalue weighted by Gasteiger charge is -2.35. The van der Waals surface area contributed by atoms with E-state index < -0.39 is 5.76 Å². The van der Waals surface area contributed by atoms with Gasteiger partial charge in [-0.2, -0.15) is 8.78 Å². The molecule has 0 radical (unpaired) electrons. The van der Waals surface area contributed by atoms with Crippen molar-refractivity contribution in [2.45, 2.75) is 16.7 Å². The highest BCUT2D eigenvalue weighted by Crippen LogP contribution is 2.27. The van der Waals surface area contributed by atoms with Gasteiger partial charge in [-0.05, 0) is 24.3 Å². The second kappa shape index (κ2) is 8.64. The largest absolute Gasteiger partial charge is 0.336 e. The molecule has 1 unspecified atom stereocenters. The first-order valence-corrected chi connectivity index (χ1v) is 8.48. The average molecular weight is 389 g/mol. The molecule has 1 aromatic heterocycles. The summed E-state index contributed by atoms with van der Waals surface area (Å²) < 4.78 is 26.7. The summed E-state index contributed by atoms with van der Waals surface area (Å²) in [7, 11) is 1.90. The van der Waals surface area contributed by atoms with Crippen LogP contribution >= 0.6 is 24.2 Å². The Morgan fingerprint density at radius 2 is 2.08 bits per heavy atom. The molecule has 0 bridgehead atoms. The van der Waals surface area contributed by atoms with Crippen LogP contribution in [-0.2, 0) is 7.05 Å². The Hall–Kier alpha value is -1.64. The van der Waals surface area contributed by atoms with Crippen LogP contribution in [0.5, 0.6) is 0 Å². The Balaban J connectivity index is 0.00000225. The number of halogens is 3. The predicted octanol–water partition coefficient (Wildman–Crippen LogP) is 2.94. The maximum Gasteiger partial charge on any atom is 0.288 e. The number of aryl methyl sites for hydroxylation is 1. The Labute approximate surface area is 155 Å². The lowest BCUT2D eigenvalue weighted by atomic mass is 10.1. The predicted molar refractivity (Wildman–Crippen MR) is 95.4 cm³/mol. The van der Waals surface area contributed by atoms with E-state index in [2.05, 4.69) is 10.3 Å². The quantitative estimate of drug-likeness (QED) is 0.818. The first-order chi connectivity index (χ1) is 11.6. The molecule has 3 rings (SSSR count). The van der Waals surface area contributed by atoms with Crippen molar-refractivity contribution < 1.29 is 13.6 Å². The van der Waals surface area contributed by atoms with Crippen molar-refractivity contribution in [1.82, 2.24) is 19.8 Å². The summed E-state index contributed by atoms with van der Waals surface area (Å²) in [6, 6.07) is 6.17. The van der Waals surface area contributed by atoms with Crippen LogP contribution in [0, 0.1) is 0 Å². The van der Waals surface area contributed by atoms with Gasteiger partial charge in [-0.1, -0.05) is 11.8 Å². The highest BCUT2D eigenvalue weighted by atomic mass is 35.5. The minimum absolute atomic E-state index is 0. The number of nitrogens with one attached hydrogen (secondary N) is 1. The SMILES string of the molecule is Cl.Cn1ccnc1C1CNCCN1C(=O)c1ccc(SC(F)F)cc1. The normalized spacial score (nSPS) is 17.4. The average Bonchev–Trinajstić information content (AvgIpc) is 3.00. The van der Waals surface area contributed by atoms with Gasteiger partial charge in [0.2, 0.25) is 0 Å². The molecule has 1 fully saturated rings.